The molecule has 1 heterocycles. The van der Waals surface area contributed by atoms with E-state index in [-0.39, 0.29) is 5.91 Å². The van der Waals surface area contributed by atoms with Crippen LogP contribution in [0.3, 0.4) is 0 Å². The fraction of sp³-hybridized carbons (Fsp3) is 0.923. The van der Waals surface area contributed by atoms with E-state index in [0.717, 1.165) is 18.5 Å². The standard InChI is InChI=1S/C13H24N2O/c1-11(16)14(2)8-5-12-6-9-15(10-7-12)13-3-4-13/h12-13H,3-10H2,1-2H3. The fourth-order valence-electron chi connectivity index (χ4n) is 2.58. The van der Waals surface area contributed by atoms with Gasteiger partial charge < -0.3 is 9.80 Å². The molecule has 0 aromatic rings. The Labute approximate surface area is 98.8 Å². The summed E-state index contributed by atoms with van der Waals surface area (Å²) in [5.41, 5.74) is 0. The molecule has 0 N–H and O–H groups in total. The van der Waals surface area contributed by atoms with Gasteiger partial charge in [0.05, 0.1) is 0 Å². The highest BCUT2D eigenvalue weighted by Crippen LogP contribution is 2.31. The van der Waals surface area contributed by atoms with Crippen molar-refractivity contribution < 1.29 is 4.79 Å². The molecule has 2 fully saturated rings. The lowest BCUT2D eigenvalue weighted by Gasteiger charge is -2.32. The van der Waals surface area contributed by atoms with Crippen LogP contribution in [0.4, 0.5) is 0 Å². The van der Waals surface area contributed by atoms with Crippen LogP contribution in [-0.2, 0) is 4.79 Å². The first-order valence-corrected chi connectivity index (χ1v) is 6.62. The Hall–Kier alpha value is -0.570. The van der Waals surface area contributed by atoms with Gasteiger partial charge in [-0.05, 0) is 51.1 Å². The molecule has 0 unspecified atom stereocenters. The molecular weight excluding hydrogens is 200 g/mol. The zero-order valence-electron chi connectivity index (χ0n) is 10.6. The lowest BCUT2D eigenvalue weighted by Crippen LogP contribution is -2.36. The molecule has 0 bridgehead atoms. The van der Waals surface area contributed by atoms with Crippen LogP contribution in [0.5, 0.6) is 0 Å². The molecule has 1 saturated heterocycles. The second kappa shape index (κ2) is 5.17. The minimum Gasteiger partial charge on any atom is -0.346 e. The van der Waals surface area contributed by atoms with E-state index >= 15 is 0 Å². The van der Waals surface area contributed by atoms with Crippen molar-refractivity contribution in [3.05, 3.63) is 0 Å². The van der Waals surface area contributed by atoms with Crippen molar-refractivity contribution in [3.63, 3.8) is 0 Å². The summed E-state index contributed by atoms with van der Waals surface area (Å²) in [4.78, 5) is 15.6. The number of likely N-dealkylation sites (tertiary alicyclic amines) is 1. The van der Waals surface area contributed by atoms with Crippen LogP contribution in [0.1, 0.15) is 39.0 Å². The van der Waals surface area contributed by atoms with Crippen LogP contribution in [-0.4, -0.2) is 48.4 Å². The summed E-state index contributed by atoms with van der Waals surface area (Å²) in [7, 11) is 1.90. The Morgan fingerprint density at radius 3 is 2.38 bits per heavy atom. The van der Waals surface area contributed by atoms with Gasteiger partial charge in [-0.1, -0.05) is 0 Å². The molecule has 3 nitrogen and oxygen atoms in total. The Morgan fingerprint density at radius 2 is 1.88 bits per heavy atom. The third-order valence-electron chi connectivity index (χ3n) is 4.12. The van der Waals surface area contributed by atoms with Crippen molar-refractivity contribution >= 4 is 5.91 Å². The monoisotopic (exact) mass is 224 g/mol. The lowest BCUT2D eigenvalue weighted by molar-refractivity contribution is -0.127. The topological polar surface area (TPSA) is 23.6 Å². The third kappa shape index (κ3) is 3.21. The minimum absolute atomic E-state index is 0.190. The van der Waals surface area contributed by atoms with Crippen molar-refractivity contribution in [2.75, 3.05) is 26.7 Å². The maximum atomic E-state index is 11.1. The number of piperidine rings is 1. The number of hydrogen-bond donors (Lipinski definition) is 0. The van der Waals surface area contributed by atoms with Crippen molar-refractivity contribution in [1.82, 2.24) is 9.80 Å². The molecule has 2 aliphatic rings. The van der Waals surface area contributed by atoms with Crippen molar-refractivity contribution in [1.29, 1.82) is 0 Å². The van der Waals surface area contributed by atoms with E-state index in [1.54, 1.807) is 6.92 Å². The Bertz CT molecular complexity index is 242. The molecule has 2 rings (SSSR count). The van der Waals surface area contributed by atoms with Crippen LogP contribution in [0.25, 0.3) is 0 Å². The molecule has 0 radical (unpaired) electrons. The van der Waals surface area contributed by atoms with Gasteiger partial charge in [-0.25, -0.2) is 0 Å². The molecule has 16 heavy (non-hydrogen) atoms. The normalized spacial score (nSPS) is 23.4. The average Bonchev–Trinajstić information content (AvgIpc) is 3.10. The average molecular weight is 224 g/mol. The van der Waals surface area contributed by atoms with Gasteiger partial charge in [0, 0.05) is 26.6 Å². The summed E-state index contributed by atoms with van der Waals surface area (Å²) in [6.45, 7) is 5.16. The molecule has 3 heteroatoms. The molecule has 0 aromatic carbocycles. The van der Waals surface area contributed by atoms with Crippen molar-refractivity contribution in [3.8, 4) is 0 Å². The summed E-state index contributed by atoms with van der Waals surface area (Å²) in [5, 5.41) is 0. The first kappa shape index (κ1) is 11.9. The Kier molecular flexibility index (Phi) is 3.85. The van der Waals surface area contributed by atoms with Gasteiger partial charge in [0.25, 0.3) is 0 Å². The maximum absolute atomic E-state index is 11.1. The predicted molar refractivity (Wildman–Crippen MR) is 65.2 cm³/mol. The number of rotatable bonds is 4. The summed E-state index contributed by atoms with van der Waals surface area (Å²) in [5.74, 6) is 1.03. The van der Waals surface area contributed by atoms with E-state index in [1.807, 2.05) is 11.9 Å². The second-order valence-electron chi connectivity index (χ2n) is 5.44. The molecule has 1 amide bonds. The van der Waals surface area contributed by atoms with E-state index in [2.05, 4.69) is 4.90 Å². The molecule has 1 aliphatic heterocycles. The first-order valence-electron chi connectivity index (χ1n) is 6.62. The van der Waals surface area contributed by atoms with Gasteiger partial charge in [0.2, 0.25) is 5.91 Å². The van der Waals surface area contributed by atoms with Gasteiger partial charge in [0.15, 0.2) is 0 Å². The van der Waals surface area contributed by atoms with Gasteiger partial charge in [0.1, 0.15) is 0 Å². The molecule has 0 spiro atoms. The van der Waals surface area contributed by atoms with Gasteiger partial charge in [-0.2, -0.15) is 0 Å². The van der Waals surface area contributed by atoms with Crippen molar-refractivity contribution in [2.24, 2.45) is 5.92 Å². The van der Waals surface area contributed by atoms with Gasteiger partial charge in [-0.15, -0.1) is 0 Å². The van der Waals surface area contributed by atoms with E-state index < -0.39 is 0 Å². The number of carbonyl (C=O) groups is 1. The predicted octanol–water partition coefficient (Wildman–Crippen LogP) is 1.73. The number of hydrogen-bond acceptors (Lipinski definition) is 2. The number of nitrogens with zero attached hydrogens (tertiary/aromatic N) is 2. The second-order valence-corrected chi connectivity index (χ2v) is 5.44. The number of carbonyl (C=O) groups excluding carboxylic acids is 1. The van der Waals surface area contributed by atoms with Gasteiger partial charge >= 0.3 is 0 Å². The first-order chi connectivity index (χ1) is 7.66. The SMILES string of the molecule is CC(=O)N(C)CCC1CCN(C2CC2)CC1. The van der Waals surface area contributed by atoms with Crippen LogP contribution in [0.2, 0.25) is 0 Å². The van der Waals surface area contributed by atoms with E-state index in [1.165, 1.54) is 45.2 Å². The van der Waals surface area contributed by atoms with E-state index in [9.17, 15) is 4.79 Å². The highest BCUT2D eigenvalue weighted by atomic mass is 16.2. The maximum Gasteiger partial charge on any atom is 0.219 e. The smallest absolute Gasteiger partial charge is 0.219 e. The fourth-order valence-corrected chi connectivity index (χ4v) is 2.58. The Balaban J connectivity index is 1.63. The van der Waals surface area contributed by atoms with Crippen LogP contribution in [0.15, 0.2) is 0 Å². The van der Waals surface area contributed by atoms with Crippen molar-refractivity contribution in [2.45, 2.75) is 45.1 Å². The summed E-state index contributed by atoms with van der Waals surface area (Å²) < 4.78 is 0. The zero-order chi connectivity index (χ0) is 11.5. The highest BCUT2D eigenvalue weighted by Gasteiger charge is 2.31. The summed E-state index contributed by atoms with van der Waals surface area (Å²) in [6.07, 6.45) is 6.72. The molecule has 0 atom stereocenters. The quantitative estimate of drug-likeness (QED) is 0.726. The summed E-state index contributed by atoms with van der Waals surface area (Å²) in [6, 6.07) is 0.931. The minimum atomic E-state index is 0.190. The molecule has 92 valence electrons. The largest absolute Gasteiger partial charge is 0.346 e. The van der Waals surface area contributed by atoms with Crippen LogP contribution < -0.4 is 0 Å². The molecular formula is C13H24N2O. The van der Waals surface area contributed by atoms with Crippen LogP contribution >= 0.6 is 0 Å². The zero-order valence-corrected chi connectivity index (χ0v) is 10.6. The third-order valence-corrected chi connectivity index (χ3v) is 4.12. The van der Waals surface area contributed by atoms with E-state index in [0.29, 0.717) is 0 Å². The molecule has 0 aromatic heterocycles. The lowest BCUT2D eigenvalue weighted by atomic mass is 9.93. The van der Waals surface area contributed by atoms with Gasteiger partial charge in [-0.3, -0.25) is 4.79 Å². The van der Waals surface area contributed by atoms with E-state index in [4.69, 9.17) is 0 Å². The molecule has 1 aliphatic carbocycles. The highest BCUT2D eigenvalue weighted by molar-refractivity contribution is 5.72. The van der Waals surface area contributed by atoms with Crippen LogP contribution in [0, 0.1) is 5.92 Å². The Morgan fingerprint density at radius 1 is 1.25 bits per heavy atom. The summed E-state index contributed by atoms with van der Waals surface area (Å²) >= 11 is 0. The number of amides is 1. The molecule has 1 saturated carbocycles.